The molecule has 0 bridgehead atoms. The smallest absolute Gasteiger partial charge is 0.234 e. The Labute approximate surface area is 144 Å². The van der Waals surface area contributed by atoms with E-state index in [0.29, 0.717) is 12.5 Å². The van der Waals surface area contributed by atoms with E-state index < -0.39 is 0 Å². The standard InChI is InChI=1S/C18H28ClN3O/c1-14(2)15(3)20-18(23)13-22-9-7-21(8-10-22)12-16-5-4-6-17(19)11-16/h4-6,11,14-15H,7-10,12-13H2,1-3H3,(H,20,23)/t15-/m0/s1. The van der Waals surface area contributed by atoms with Crippen LogP contribution in [0.2, 0.25) is 5.02 Å². The minimum atomic E-state index is 0.134. The normalized spacial score (nSPS) is 18.1. The van der Waals surface area contributed by atoms with E-state index in [1.807, 2.05) is 18.2 Å². The first-order chi connectivity index (χ1) is 10.9. The Morgan fingerprint density at radius 2 is 1.83 bits per heavy atom. The molecular weight excluding hydrogens is 310 g/mol. The summed E-state index contributed by atoms with van der Waals surface area (Å²) in [7, 11) is 0. The first-order valence-electron chi connectivity index (χ1n) is 8.42. The molecule has 0 spiro atoms. The number of halogens is 1. The van der Waals surface area contributed by atoms with Crippen molar-refractivity contribution < 1.29 is 4.79 Å². The largest absolute Gasteiger partial charge is 0.352 e. The van der Waals surface area contributed by atoms with Gasteiger partial charge in [0.2, 0.25) is 5.91 Å². The van der Waals surface area contributed by atoms with Crippen LogP contribution < -0.4 is 5.32 Å². The minimum absolute atomic E-state index is 0.134. The summed E-state index contributed by atoms with van der Waals surface area (Å²) in [6.45, 7) is 11.6. The number of hydrogen-bond donors (Lipinski definition) is 1. The van der Waals surface area contributed by atoms with Gasteiger partial charge < -0.3 is 5.32 Å². The van der Waals surface area contributed by atoms with Crippen LogP contribution in [0.25, 0.3) is 0 Å². The molecule has 1 aliphatic rings. The summed E-state index contributed by atoms with van der Waals surface area (Å²) in [4.78, 5) is 16.7. The first kappa shape index (κ1) is 18.2. The Morgan fingerprint density at radius 3 is 2.43 bits per heavy atom. The second kappa shape index (κ2) is 8.67. The molecule has 1 heterocycles. The van der Waals surface area contributed by atoms with E-state index >= 15 is 0 Å². The summed E-state index contributed by atoms with van der Waals surface area (Å²) in [5.74, 6) is 0.600. The fraction of sp³-hybridized carbons (Fsp3) is 0.611. The van der Waals surface area contributed by atoms with Crippen molar-refractivity contribution in [2.75, 3.05) is 32.7 Å². The maximum Gasteiger partial charge on any atom is 0.234 e. The number of amides is 1. The molecule has 0 radical (unpaired) electrons. The molecule has 0 saturated carbocycles. The molecule has 23 heavy (non-hydrogen) atoms. The van der Waals surface area contributed by atoms with Crippen LogP contribution in [0.4, 0.5) is 0 Å². The first-order valence-corrected chi connectivity index (χ1v) is 8.80. The monoisotopic (exact) mass is 337 g/mol. The number of carbonyl (C=O) groups excluding carboxylic acids is 1. The van der Waals surface area contributed by atoms with Crippen LogP contribution in [0.15, 0.2) is 24.3 Å². The second-order valence-electron chi connectivity index (χ2n) is 6.78. The van der Waals surface area contributed by atoms with Crippen LogP contribution >= 0.6 is 11.6 Å². The predicted octanol–water partition coefficient (Wildman–Crippen LogP) is 2.62. The van der Waals surface area contributed by atoms with Gasteiger partial charge in [-0.1, -0.05) is 37.6 Å². The lowest BCUT2D eigenvalue weighted by atomic mass is 10.1. The topological polar surface area (TPSA) is 35.6 Å². The zero-order valence-electron chi connectivity index (χ0n) is 14.4. The fourth-order valence-corrected chi connectivity index (χ4v) is 2.88. The second-order valence-corrected chi connectivity index (χ2v) is 7.22. The highest BCUT2D eigenvalue weighted by atomic mass is 35.5. The van der Waals surface area contributed by atoms with Gasteiger partial charge in [0, 0.05) is 43.8 Å². The van der Waals surface area contributed by atoms with Gasteiger partial charge >= 0.3 is 0 Å². The molecule has 1 atom stereocenters. The lowest BCUT2D eigenvalue weighted by Gasteiger charge is -2.34. The van der Waals surface area contributed by atoms with Crippen LogP contribution in [0, 0.1) is 5.92 Å². The van der Waals surface area contributed by atoms with E-state index in [-0.39, 0.29) is 11.9 Å². The van der Waals surface area contributed by atoms with Crippen molar-refractivity contribution in [3.63, 3.8) is 0 Å². The molecule has 1 aliphatic heterocycles. The van der Waals surface area contributed by atoms with Crippen LogP contribution in [0.5, 0.6) is 0 Å². The molecular formula is C18H28ClN3O. The van der Waals surface area contributed by atoms with E-state index in [9.17, 15) is 4.79 Å². The molecule has 1 aromatic rings. The fourth-order valence-electron chi connectivity index (χ4n) is 2.67. The lowest BCUT2D eigenvalue weighted by Crippen LogP contribution is -2.50. The number of rotatable bonds is 6. The zero-order valence-corrected chi connectivity index (χ0v) is 15.1. The molecule has 1 N–H and O–H groups in total. The Balaban J connectivity index is 1.72. The van der Waals surface area contributed by atoms with Crippen molar-refractivity contribution in [2.24, 2.45) is 5.92 Å². The summed E-state index contributed by atoms with van der Waals surface area (Å²) in [6, 6.07) is 8.26. The third-order valence-corrected chi connectivity index (χ3v) is 4.75. The molecule has 0 aliphatic carbocycles. The van der Waals surface area contributed by atoms with Crippen LogP contribution in [0.1, 0.15) is 26.3 Å². The molecule has 1 aromatic carbocycles. The summed E-state index contributed by atoms with van der Waals surface area (Å²) < 4.78 is 0. The number of nitrogens with zero attached hydrogens (tertiary/aromatic N) is 2. The van der Waals surface area contributed by atoms with Crippen molar-refractivity contribution in [3.05, 3.63) is 34.9 Å². The maximum absolute atomic E-state index is 12.1. The molecule has 4 nitrogen and oxygen atoms in total. The minimum Gasteiger partial charge on any atom is -0.352 e. The van der Waals surface area contributed by atoms with Crippen molar-refractivity contribution in [1.29, 1.82) is 0 Å². The Hall–Kier alpha value is -1.10. The lowest BCUT2D eigenvalue weighted by molar-refractivity contribution is -0.123. The van der Waals surface area contributed by atoms with Gasteiger partial charge in [-0.25, -0.2) is 0 Å². The third kappa shape index (κ3) is 6.13. The van der Waals surface area contributed by atoms with Crippen LogP contribution in [-0.4, -0.2) is 54.5 Å². The van der Waals surface area contributed by atoms with Gasteiger partial charge in [-0.15, -0.1) is 0 Å². The molecule has 1 amide bonds. The van der Waals surface area contributed by atoms with Gasteiger partial charge in [0.25, 0.3) is 0 Å². The van der Waals surface area contributed by atoms with E-state index in [4.69, 9.17) is 11.6 Å². The third-order valence-electron chi connectivity index (χ3n) is 4.52. The summed E-state index contributed by atoms with van der Waals surface area (Å²) >= 11 is 6.04. The van der Waals surface area contributed by atoms with Crippen molar-refractivity contribution in [3.8, 4) is 0 Å². The number of carbonyl (C=O) groups is 1. The number of nitrogens with one attached hydrogen (secondary N) is 1. The Kier molecular flexibility index (Phi) is 6.88. The van der Waals surface area contributed by atoms with Gasteiger partial charge in [-0.05, 0) is 30.5 Å². The molecule has 0 aromatic heterocycles. The highest BCUT2D eigenvalue weighted by Gasteiger charge is 2.20. The van der Waals surface area contributed by atoms with Gasteiger partial charge in [-0.2, -0.15) is 0 Å². The number of benzene rings is 1. The van der Waals surface area contributed by atoms with Crippen molar-refractivity contribution in [1.82, 2.24) is 15.1 Å². The van der Waals surface area contributed by atoms with Gasteiger partial charge in [0.05, 0.1) is 6.54 Å². The zero-order chi connectivity index (χ0) is 16.8. The van der Waals surface area contributed by atoms with Gasteiger partial charge in [0.15, 0.2) is 0 Å². The van der Waals surface area contributed by atoms with Gasteiger partial charge in [-0.3, -0.25) is 14.6 Å². The number of piperazine rings is 1. The van der Waals surface area contributed by atoms with E-state index in [2.05, 4.69) is 42.0 Å². The Bertz CT molecular complexity index is 513. The van der Waals surface area contributed by atoms with Crippen LogP contribution in [0.3, 0.4) is 0 Å². The molecule has 5 heteroatoms. The predicted molar refractivity (Wildman–Crippen MR) is 95.6 cm³/mol. The summed E-state index contributed by atoms with van der Waals surface area (Å²) in [5, 5.41) is 3.86. The summed E-state index contributed by atoms with van der Waals surface area (Å²) in [6.07, 6.45) is 0. The van der Waals surface area contributed by atoms with Crippen LogP contribution in [-0.2, 0) is 11.3 Å². The molecule has 128 valence electrons. The average Bonchev–Trinajstić information content (AvgIpc) is 2.49. The molecule has 0 unspecified atom stereocenters. The average molecular weight is 338 g/mol. The van der Waals surface area contributed by atoms with E-state index in [1.54, 1.807) is 0 Å². The Morgan fingerprint density at radius 1 is 1.17 bits per heavy atom. The maximum atomic E-state index is 12.1. The molecule has 1 saturated heterocycles. The highest BCUT2D eigenvalue weighted by molar-refractivity contribution is 6.30. The van der Waals surface area contributed by atoms with Crippen molar-refractivity contribution >= 4 is 17.5 Å². The molecule has 1 fully saturated rings. The van der Waals surface area contributed by atoms with Crippen molar-refractivity contribution in [2.45, 2.75) is 33.4 Å². The highest BCUT2D eigenvalue weighted by Crippen LogP contribution is 2.14. The number of hydrogen-bond acceptors (Lipinski definition) is 3. The summed E-state index contributed by atoms with van der Waals surface area (Å²) in [5.41, 5.74) is 1.24. The molecule has 2 rings (SSSR count). The van der Waals surface area contributed by atoms with E-state index in [1.165, 1.54) is 5.56 Å². The van der Waals surface area contributed by atoms with E-state index in [0.717, 1.165) is 37.7 Å². The van der Waals surface area contributed by atoms with Gasteiger partial charge in [0.1, 0.15) is 0 Å². The quantitative estimate of drug-likeness (QED) is 0.866. The SMILES string of the molecule is CC(C)[C@H](C)NC(=O)CN1CCN(Cc2cccc(Cl)c2)CC1.